The lowest BCUT2D eigenvalue weighted by atomic mass is 10.2. The summed E-state index contributed by atoms with van der Waals surface area (Å²) >= 11 is 5.20. The first kappa shape index (κ1) is 14.8. The standard InChI is InChI=1S/C15H17BrN2O2S/c16-13-6-11(7-14-15(13)20-5-1-4-19-14)8-17-3-2-12-9-21-10-18-12/h6-7,9-10,17H,1-5,8H2. The number of halogens is 1. The predicted molar refractivity (Wildman–Crippen MR) is 87.3 cm³/mol. The number of nitrogens with zero attached hydrogens (tertiary/aromatic N) is 1. The molecule has 0 atom stereocenters. The Morgan fingerprint density at radius 3 is 3.05 bits per heavy atom. The molecule has 1 aromatic carbocycles. The third kappa shape index (κ3) is 3.96. The Hall–Kier alpha value is -1.11. The van der Waals surface area contributed by atoms with Gasteiger partial charge in [0.2, 0.25) is 0 Å². The highest BCUT2D eigenvalue weighted by Gasteiger charge is 2.15. The van der Waals surface area contributed by atoms with Crippen LogP contribution in [0.15, 0.2) is 27.5 Å². The lowest BCUT2D eigenvalue weighted by Crippen LogP contribution is -2.16. The molecule has 0 saturated carbocycles. The van der Waals surface area contributed by atoms with Crippen LogP contribution in [0.3, 0.4) is 0 Å². The van der Waals surface area contributed by atoms with Gasteiger partial charge in [-0.05, 0) is 33.6 Å². The van der Waals surface area contributed by atoms with Crippen molar-refractivity contribution in [2.75, 3.05) is 19.8 Å². The third-order valence-electron chi connectivity index (χ3n) is 3.23. The lowest BCUT2D eigenvalue weighted by Gasteiger charge is -2.12. The Bertz CT molecular complexity index is 590. The Balaban J connectivity index is 1.58. The van der Waals surface area contributed by atoms with E-state index in [0.29, 0.717) is 13.2 Å². The summed E-state index contributed by atoms with van der Waals surface area (Å²) in [6.07, 6.45) is 1.87. The van der Waals surface area contributed by atoms with Crippen molar-refractivity contribution < 1.29 is 9.47 Å². The van der Waals surface area contributed by atoms with Gasteiger partial charge in [-0.3, -0.25) is 0 Å². The van der Waals surface area contributed by atoms with Gasteiger partial charge >= 0.3 is 0 Å². The SMILES string of the molecule is Brc1cc(CNCCc2cscn2)cc2c1OCCCO2. The van der Waals surface area contributed by atoms with Crippen molar-refractivity contribution in [3.05, 3.63) is 38.8 Å². The Labute approximate surface area is 136 Å². The van der Waals surface area contributed by atoms with E-state index in [-0.39, 0.29) is 0 Å². The minimum Gasteiger partial charge on any atom is -0.490 e. The van der Waals surface area contributed by atoms with Crippen molar-refractivity contribution in [1.29, 1.82) is 0 Å². The van der Waals surface area contributed by atoms with E-state index in [1.54, 1.807) is 11.3 Å². The van der Waals surface area contributed by atoms with Crippen molar-refractivity contribution in [1.82, 2.24) is 10.3 Å². The first-order valence-electron chi connectivity index (χ1n) is 6.99. The molecule has 4 nitrogen and oxygen atoms in total. The van der Waals surface area contributed by atoms with Gasteiger partial charge < -0.3 is 14.8 Å². The van der Waals surface area contributed by atoms with E-state index >= 15 is 0 Å². The molecule has 112 valence electrons. The Morgan fingerprint density at radius 2 is 2.19 bits per heavy atom. The molecule has 0 radical (unpaired) electrons. The van der Waals surface area contributed by atoms with Crippen molar-refractivity contribution >= 4 is 27.3 Å². The van der Waals surface area contributed by atoms with E-state index in [9.17, 15) is 0 Å². The number of benzene rings is 1. The second-order valence-electron chi connectivity index (χ2n) is 4.86. The maximum atomic E-state index is 5.74. The molecule has 0 fully saturated rings. The van der Waals surface area contributed by atoms with E-state index in [0.717, 1.165) is 47.6 Å². The van der Waals surface area contributed by atoms with Crippen LogP contribution in [0.5, 0.6) is 11.5 Å². The lowest BCUT2D eigenvalue weighted by molar-refractivity contribution is 0.296. The quantitative estimate of drug-likeness (QED) is 0.821. The Morgan fingerprint density at radius 1 is 1.29 bits per heavy atom. The molecule has 1 N–H and O–H groups in total. The molecule has 6 heteroatoms. The fraction of sp³-hybridized carbons (Fsp3) is 0.400. The van der Waals surface area contributed by atoms with Crippen molar-refractivity contribution in [3.8, 4) is 11.5 Å². The van der Waals surface area contributed by atoms with Gasteiger partial charge in [-0.15, -0.1) is 11.3 Å². The number of hydrogen-bond donors (Lipinski definition) is 1. The van der Waals surface area contributed by atoms with Crippen LogP contribution >= 0.6 is 27.3 Å². The average Bonchev–Trinajstić information content (AvgIpc) is 2.87. The van der Waals surface area contributed by atoms with Gasteiger partial charge in [0.1, 0.15) is 0 Å². The van der Waals surface area contributed by atoms with Crippen molar-refractivity contribution in [2.45, 2.75) is 19.4 Å². The molecule has 1 aliphatic heterocycles. The summed E-state index contributed by atoms with van der Waals surface area (Å²) in [5.41, 5.74) is 4.20. The average molecular weight is 369 g/mol. The monoisotopic (exact) mass is 368 g/mol. The number of aromatic nitrogens is 1. The van der Waals surface area contributed by atoms with E-state index in [1.807, 2.05) is 5.51 Å². The molecule has 0 aliphatic carbocycles. The smallest absolute Gasteiger partial charge is 0.175 e. The molecule has 0 unspecified atom stereocenters. The maximum absolute atomic E-state index is 5.74. The Kier molecular flexibility index (Phi) is 5.11. The highest BCUT2D eigenvalue weighted by atomic mass is 79.9. The molecule has 2 aromatic rings. The fourth-order valence-electron chi connectivity index (χ4n) is 2.20. The zero-order valence-electron chi connectivity index (χ0n) is 11.6. The molecule has 21 heavy (non-hydrogen) atoms. The summed E-state index contributed by atoms with van der Waals surface area (Å²) in [6.45, 7) is 3.13. The first-order chi connectivity index (χ1) is 10.3. The summed E-state index contributed by atoms with van der Waals surface area (Å²) in [5, 5.41) is 5.53. The zero-order chi connectivity index (χ0) is 14.5. The number of fused-ring (bicyclic) bond motifs is 1. The van der Waals surface area contributed by atoms with Gasteiger partial charge in [-0.2, -0.15) is 0 Å². The van der Waals surface area contributed by atoms with Gasteiger partial charge in [0.05, 0.1) is 28.9 Å². The molecule has 0 saturated heterocycles. The molecular formula is C15H17BrN2O2S. The molecule has 0 amide bonds. The highest BCUT2D eigenvalue weighted by molar-refractivity contribution is 9.10. The molecule has 3 rings (SSSR count). The van der Waals surface area contributed by atoms with E-state index in [1.165, 1.54) is 5.56 Å². The van der Waals surface area contributed by atoms with Crippen LogP contribution in [-0.4, -0.2) is 24.7 Å². The maximum Gasteiger partial charge on any atom is 0.175 e. The van der Waals surface area contributed by atoms with Gasteiger partial charge in [0, 0.05) is 31.3 Å². The second-order valence-corrected chi connectivity index (χ2v) is 6.43. The van der Waals surface area contributed by atoms with E-state index < -0.39 is 0 Å². The van der Waals surface area contributed by atoms with Crippen LogP contribution in [0.25, 0.3) is 0 Å². The summed E-state index contributed by atoms with van der Waals surface area (Å²) < 4.78 is 12.4. The number of rotatable bonds is 5. The summed E-state index contributed by atoms with van der Waals surface area (Å²) in [6, 6.07) is 4.14. The van der Waals surface area contributed by atoms with Crippen LogP contribution in [0.2, 0.25) is 0 Å². The third-order valence-corrected chi connectivity index (χ3v) is 4.46. The van der Waals surface area contributed by atoms with Gasteiger partial charge in [0.25, 0.3) is 0 Å². The minimum absolute atomic E-state index is 0.705. The number of nitrogens with one attached hydrogen (secondary N) is 1. The molecule has 1 aliphatic rings. The first-order valence-corrected chi connectivity index (χ1v) is 8.72. The molecule has 1 aromatic heterocycles. The van der Waals surface area contributed by atoms with Crippen LogP contribution in [0.4, 0.5) is 0 Å². The largest absolute Gasteiger partial charge is 0.490 e. The van der Waals surface area contributed by atoms with Gasteiger partial charge in [-0.1, -0.05) is 0 Å². The van der Waals surface area contributed by atoms with Gasteiger partial charge in [-0.25, -0.2) is 4.98 Å². The highest BCUT2D eigenvalue weighted by Crippen LogP contribution is 2.38. The summed E-state index contributed by atoms with van der Waals surface area (Å²) in [4.78, 5) is 4.28. The number of thiazole rings is 1. The number of ether oxygens (including phenoxy) is 2. The summed E-state index contributed by atoms with van der Waals surface area (Å²) in [7, 11) is 0. The normalized spacial score (nSPS) is 14.0. The predicted octanol–water partition coefficient (Wildman–Crippen LogP) is 3.40. The van der Waals surface area contributed by atoms with Crippen LogP contribution in [-0.2, 0) is 13.0 Å². The molecule has 0 spiro atoms. The topological polar surface area (TPSA) is 43.4 Å². The van der Waals surface area contributed by atoms with Crippen LogP contribution < -0.4 is 14.8 Å². The molecule has 0 bridgehead atoms. The molecule has 2 heterocycles. The zero-order valence-corrected chi connectivity index (χ0v) is 14.0. The van der Waals surface area contributed by atoms with Gasteiger partial charge in [0.15, 0.2) is 11.5 Å². The second kappa shape index (κ2) is 7.24. The van der Waals surface area contributed by atoms with E-state index in [2.05, 4.69) is 43.7 Å². The molecular weight excluding hydrogens is 352 g/mol. The summed E-state index contributed by atoms with van der Waals surface area (Å²) in [5.74, 6) is 1.65. The van der Waals surface area contributed by atoms with Crippen LogP contribution in [0.1, 0.15) is 17.7 Å². The number of hydrogen-bond acceptors (Lipinski definition) is 5. The fourth-order valence-corrected chi connectivity index (χ4v) is 3.39. The van der Waals surface area contributed by atoms with Crippen molar-refractivity contribution in [2.24, 2.45) is 0 Å². The van der Waals surface area contributed by atoms with Crippen molar-refractivity contribution in [3.63, 3.8) is 0 Å². The van der Waals surface area contributed by atoms with E-state index in [4.69, 9.17) is 9.47 Å². The minimum atomic E-state index is 0.705. The van der Waals surface area contributed by atoms with Crippen LogP contribution in [0, 0.1) is 0 Å².